The van der Waals surface area contributed by atoms with Gasteiger partial charge in [0.05, 0.1) is 19.7 Å². The van der Waals surface area contributed by atoms with E-state index in [2.05, 4.69) is 10.6 Å². The smallest absolute Gasteiger partial charge is 0.241 e. The standard InChI is InChI=1S/C20H24ClN3O3/c1-4-24(13-19(25)22-17-6-5-7-18(12-17)27-3)14(2)20(26)23-16-10-8-15(21)9-11-16/h5-12,14H,4,13H2,1-3H3,(H,22,25)(H,23,26). The van der Waals surface area contributed by atoms with Crippen molar-refractivity contribution in [2.45, 2.75) is 19.9 Å². The molecule has 7 heteroatoms. The Bertz CT molecular complexity index is 780. The molecule has 0 fully saturated rings. The summed E-state index contributed by atoms with van der Waals surface area (Å²) in [6.45, 7) is 4.34. The number of likely N-dealkylation sites (N-methyl/N-ethyl adjacent to an activating group) is 1. The summed E-state index contributed by atoms with van der Waals surface area (Å²) in [7, 11) is 1.57. The lowest BCUT2D eigenvalue weighted by Crippen LogP contribution is -2.45. The van der Waals surface area contributed by atoms with Crippen LogP contribution in [0.4, 0.5) is 11.4 Å². The van der Waals surface area contributed by atoms with Gasteiger partial charge < -0.3 is 15.4 Å². The monoisotopic (exact) mass is 389 g/mol. The van der Waals surface area contributed by atoms with Crippen LogP contribution < -0.4 is 15.4 Å². The number of nitrogens with zero attached hydrogens (tertiary/aromatic N) is 1. The molecule has 6 nitrogen and oxygen atoms in total. The van der Waals surface area contributed by atoms with Crippen molar-refractivity contribution >= 4 is 34.8 Å². The van der Waals surface area contributed by atoms with Gasteiger partial charge in [0.1, 0.15) is 5.75 Å². The Kier molecular flexibility index (Phi) is 7.64. The van der Waals surface area contributed by atoms with Crippen molar-refractivity contribution in [2.24, 2.45) is 0 Å². The van der Waals surface area contributed by atoms with E-state index in [4.69, 9.17) is 16.3 Å². The predicted octanol–water partition coefficient (Wildman–Crippen LogP) is 3.64. The normalized spacial score (nSPS) is 11.7. The molecule has 0 spiro atoms. The van der Waals surface area contributed by atoms with Crippen molar-refractivity contribution in [3.63, 3.8) is 0 Å². The van der Waals surface area contributed by atoms with Crippen LogP contribution in [0.15, 0.2) is 48.5 Å². The van der Waals surface area contributed by atoms with Gasteiger partial charge in [-0.05, 0) is 49.9 Å². The molecule has 0 bridgehead atoms. The molecule has 2 N–H and O–H groups in total. The minimum atomic E-state index is -0.471. The van der Waals surface area contributed by atoms with Gasteiger partial charge in [-0.2, -0.15) is 0 Å². The van der Waals surface area contributed by atoms with Gasteiger partial charge in [0, 0.05) is 22.5 Å². The number of nitrogens with one attached hydrogen (secondary N) is 2. The fraction of sp³-hybridized carbons (Fsp3) is 0.300. The van der Waals surface area contributed by atoms with Gasteiger partial charge >= 0.3 is 0 Å². The van der Waals surface area contributed by atoms with E-state index in [0.717, 1.165) is 0 Å². The molecule has 0 saturated carbocycles. The van der Waals surface area contributed by atoms with E-state index in [1.807, 2.05) is 6.92 Å². The number of benzene rings is 2. The molecule has 0 aliphatic carbocycles. The van der Waals surface area contributed by atoms with Crippen molar-refractivity contribution < 1.29 is 14.3 Å². The van der Waals surface area contributed by atoms with Gasteiger partial charge in [-0.3, -0.25) is 14.5 Å². The minimum Gasteiger partial charge on any atom is -0.497 e. The van der Waals surface area contributed by atoms with E-state index >= 15 is 0 Å². The Balaban J connectivity index is 1.94. The van der Waals surface area contributed by atoms with Crippen molar-refractivity contribution in [3.8, 4) is 5.75 Å². The van der Waals surface area contributed by atoms with Crippen molar-refractivity contribution in [3.05, 3.63) is 53.6 Å². The molecule has 2 aromatic rings. The van der Waals surface area contributed by atoms with E-state index in [1.54, 1.807) is 67.5 Å². The number of rotatable bonds is 8. The van der Waals surface area contributed by atoms with Gasteiger partial charge in [0.25, 0.3) is 0 Å². The Morgan fingerprint density at radius 3 is 2.44 bits per heavy atom. The molecular weight excluding hydrogens is 366 g/mol. The van der Waals surface area contributed by atoms with Gasteiger partial charge in [0.2, 0.25) is 11.8 Å². The zero-order valence-electron chi connectivity index (χ0n) is 15.7. The average molecular weight is 390 g/mol. The van der Waals surface area contributed by atoms with Crippen LogP contribution in [0.5, 0.6) is 5.75 Å². The second-order valence-electron chi connectivity index (χ2n) is 6.02. The topological polar surface area (TPSA) is 70.7 Å². The number of hydrogen-bond donors (Lipinski definition) is 2. The number of hydrogen-bond acceptors (Lipinski definition) is 4. The average Bonchev–Trinajstić information content (AvgIpc) is 2.67. The lowest BCUT2D eigenvalue weighted by Gasteiger charge is -2.26. The molecule has 0 aliphatic heterocycles. The first kappa shape index (κ1) is 20.7. The molecule has 1 atom stereocenters. The summed E-state index contributed by atoms with van der Waals surface area (Å²) in [4.78, 5) is 26.6. The predicted molar refractivity (Wildman–Crippen MR) is 108 cm³/mol. The maximum Gasteiger partial charge on any atom is 0.241 e. The van der Waals surface area contributed by atoms with E-state index in [-0.39, 0.29) is 18.4 Å². The number of carbonyl (C=O) groups excluding carboxylic acids is 2. The van der Waals surface area contributed by atoms with E-state index in [1.165, 1.54) is 0 Å². The van der Waals surface area contributed by atoms with Crippen molar-refractivity contribution in [1.82, 2.24) is 4.90 Å². The summed E-state index contributed by atoms with van der Waals surface area (Å²) in [5.74, 6) is 0.278. The Morgan fingerprint density at radius 1 is 1.11 bits per heavy atom. The molecule has 0 heterocycles. The van der Waals surface area contributed by atoms with Crippen LogP contribution in [0.2, 0.25) is 5.02 Å². The largest absolute Gasteiger partial charge is 0.497 e. The van der Waals surface area contributed by atoms with Crippen LogP contribution in [-0.2, 0) is 9.59 Å². The lowest BCUT2D eigenvalue weighted by molar-refractivity contribution is -0.123. The molecule has 27 heavy (non-hydrogen) atoms. The van der Waals surface area contributed by atoms with E-state index in [9.17, 15) is 9.59 Å². The summed E-state index contributed by atoms with van der Waals surface area (Å²) >= 11 is 5.85. The second kappa shape index (κ2) is 9.94. The SMILES string of the molecule is CCN(CC(=O)Nc1cccc(OC)c1)C(C)C(=O)Nc1ccc(Cl)cc1. The molecule has 2 rings (SSSR count). The third-order valence-corrected chi connectivity index (χ3v) is 4.40. The first-order valence-corrected chi connectivity index (χ1v) is 9.05. The Hall–Kier alpha value is -2.57. The summed E-state index contributed by atoms with van der Waals surface area (Å²) < 4.78 is 5.15. The molecule has 0 saturated heterocycles. The van der Waals surface area contributed by atoms with Crippen LogP contribution in [0, 0.1) is 0 Å². The number of anilines is 2. The van der Waals surface area contributed by atoms with Crippen LogP contribution in [0.25, 0.3) is 0 Å². The molecule has 0 aliphatic rings. The Morgan fingerprint density at radius 2 is 1.81 bits per heavy atom. The zero-order chi connectivity index (χ0) is 19.8. The molecule has 1 unspecified atom stereocenters. The van der Waals surface area contributed by atoms with Crippen LogP contribution in [0.3, 0.4) is 0 Å². The minimum absolute atomic E-state index is 0.100. The zero-order valence-corrected chi connectivity index (χ0v) is 16.4. The third kappa shape index (κ3) is 6.27. The molecule has 0 radical (unpaired) electrons. The van der Waals surface area contributed by atoms with Crippen molar-refractivity contribution in [1.29, 1.82) is 0 Å². The number of ether oxygens (including phenoxy) is 1. The Labute approximate surface area is 164 Å². The van der Waals surface area contributed by atoms with Gasteiger partial charge in [0.15, 0.2) is 0 Å². The molecule has 2 amide bonds. The molecule has 0 aromatic heterocycles. The van der Waals surface area contributed by atoms with Gasteiger partial charge in [-0.1, -0.05) is 24.6 Å². The quantitative estimate of drug-likeness (QED) is 0.723. The second-order valence-corrected chi connectivity index (χ2v) is 6.45. The molecular formula is C20H24ClN3O3. The first-order chi connectivity index (χ1) is 12.9. The number of halogens is 1. The maximum absolute atomic E-state index is 12.5. The van der Waals surface area contributed by atoms with Gasteiger partial charge in [-0.15, -0.1) is 0 Å². The lowest BCUT2D eigenvalue weighted by atomic mass is 10.2. The van der Waals surface area contributed by atoms with Gasteiger partial charge in [-0.25, -0.2) is 0 Å². The highest BCUT2D eigenvalue weighted by atomic mass is 35.5. The van der Waals surface area contributed by atoms with E-state index < -0.39 is 6.04 Å². The molecule has 2 aromatic carbocycles. The number of amides is 2. The van der Waals surface area contributed by atoms with Crippen LogP contribution >= 0.6 is 11.6 Å². The van der Waals surface area contributed by atoms with Crippen LogP contribution in [-0.4, -0.2) is 43.0 Å². The third-order valence-electron chi connectivity index (χ3n) is 4.15. The summed E-state index contributed by atoms with van der Waals surface area (Å²) in [6.07, 6.45) is 0. The highest BCUT2D eigenvalue weighted by Gasteiger charge is 2.22. The number of methoxy groups -OCH3 is 1. The molecule has 144 valence electrons. The fourth-order valence-electron chi connectivity index (χ4n) is 2.55. The fourth-order valence-corrected chi connectivity index (χ4v) is 2.68. The summed E-state index contributed by atoms with van der Waals surface area (Å²) in [5.41, 5.74) is 1.31. The highest BCUT2D eigenvalue weighted by molar-refractivity contribution is 6.30. The van der Waals surface area contributed by atoms with Crippen LogP contribution in [0.1, 0.15) is 13.8 Å². The first-order valence-electron chi connectivity index (χ1n) is 8.67. The van der Waals surface area contributed by atoms with Crippen molar-refractivity contribution in [2.75, 3.05) is 30.8 Å². The number of carbonyl (C=O) groups is 2. The maximum atomic E-state index is 12.5. The summed E-state index contributed by atoms with van der Waals surface area (Å²) in [6, 6.07) is 13.5. The highest BCUT2D eigenvalue weighted by Crippen LogP contribution is 2.17. The summed E-state index contributed by atoms with van der Waals surface area (Å²) in [5, 5.41) is 6.26. The van der Waals surface area contributed by atoms with E-state index in [0.29, 0.717) is 28.7 Å².